The van der Waals surface area contributed by atoms with Gasteiger partial charge >= 0.3 is 5.69 Å². The van der Waals surface area contributed by atoms with Crippen LogP contribution in [-0.2, 0) is 6.54 Å². The molecule has 0 aliphatic carbocycles. The van der Waals surface area contributed by atoms with Gasteiger partial charge < -0.3 is 10.6 Å². The second kappa shape index (κ2) is 9.67. The summed E-state index contributed by atoms with van der Waals surface area (Å²) in [7, 11) is 0. The van der Waals surface area contributed by atoms with Gasteiger partial charge in [0.05, 0.1) is 4.92 Å². The van der Waals surface area contributed by atoms with Gasteiger partial charge in [0, 0.05) is 30.8 Å². The lowest BCUT2D eigenvalue weighted by atomic mass is 10.1. The number of nitrogen functional groups attached to an aromatic ring is 1. The first kappa shape index (κ1) is 21.9. The fourth-order valence-electron chi connectivity index (χ4n) is 2.89. The maximum Gasteiger partial charge on any atom is 0.330 e. The lowest BCUT2D eigenvalue weighted by Crippen LogP contribution is -2.41. The van der Waals surface area contributed by atoms with Crippen LogP contribution in [0.5, 0.6) is 0 Å². The van der Waals surface area contributed by atoms with Gasteiger partial charge in [0.25, 0.3) is 17.2 Å². The molecular weight excluding hydrogens is 378 g/mol. The predicted octanol–water partition coefficient (Wildman–Crippen LogP) is 2.27. The number of hydrogen-bond donors (Lipinski definition) is 2. The number of benzene rings is 1. The first-order valence-corrected chi connectivity index (χ1v) is 9.50. The molecule has 0 saturated heterocycles. The SMILES string of the molecule is CCCCN(C(=O)c1ccc([N+](=O)[O-])cc1)c1c(N)n(CCCC)c(=O)[nH]c1=O. The van der Waals surface area contributed by atoms with Crippen LogP contribution in [-0.4, -0.2) is 26.9 Å². The van der Waals surface area contributed by atoms with Gasteiger partial charge in [0.2, 0.25) is 0 Å². The summed E-state index contributed by atoms with van der Waals surface area (Å²) in [4.78, 5) is 51.6. The number of H-pyrrole nitrogens is 1. The first-order chi connectivity index (χ1) is 13.8. The summed E-state index contributed by atoms with van der Waals surface area (Å²) >= 11 is 0. The number of nitro benzene ring substituents is 1. The van der Waals surface area contributed by atoms with Crippen molar-refractivity contribution in [3.05, 3.63) is 60.8 Å². The minimum absolute atomic E-state index is 0.0708. The number of anilines is 2. The van der Waals surface area contributed by atoms with Crippen LogP contribution >= 0.6 is 0 Å². The van der Waals surface area contributed by atoms with Gasteiger partial charge in [0.15, 0.2) is 5.69 Å². The molecule has 0 aliphatic heterocycles. The number of unbranched alkanes of at least 4 members (excludes halogenated alkanes) is 2. The molecule has 29 heavy (non-hydrogen) atoms. The molecule has 0 saturated carbocycles. The smallest absolute Gasteiger partial charge is 0.330 e. The van der Waals surface area contributed by atoms with Gasteiger partial charge in [0.1, 0.15) is 5.82 Å². The van der Waals surface area contributed by atoms with Crippen molar-refractivity contribution in [1.29, 1.82) is 0 Å². The predicted molar refractivity (Wildman–Crippen MR) is 110 cm³/mol. The van der Waals surface area contributed by atoms with E-state index in [1.807, 2.05) is 13.8 Å². The molecule has 0 spiro atoms. The highest BCUT2D eigenvalue weighted by atomic mass is 16.6. The van der Waals surface area contributed by atoms with E-state index in [-0.39, 0.29) is 29.3 Å². The van der Waals surface area contributed by atoms with Crippen molar-refractivity contribution in [2.75, 3.05) is 17.2 Å². The Bertz CT molecular complexity index is 994. The van der Waals surface area contributed by atoms with E-state index in [9.17, 15) is 24.5 Å². The summed E-state index contributed by atoms with van der Waals surface area (Å²) in [6.07, 6.45) is 2.87. The van der Waals surface area contributed by atoms with E-state index in [1.165, 1.54) is 33.7 Å². The highest BCUT2D eigenvalue weighted by Gasteiger charge is 2.25. The molecule has 1 aromatic heterocycles. The molecule has 1 heterocycles. The number of amides is 1. The molecule has 0 fully saturated rings. The van der Waals surface area contributed by atoms with E-state index >= 15 is 0 Å². The zero-order valence-corrected chi connectivity index (χ0v) is 16.5. The zero-order chi connectivity index (χ0) is 21.6. The molecule has 0 bridgehead atoms. The second-order valence-corrected chi connectivity index (χ2v) is 6.61. The Kier molecular flexibility index (Phi) is 7.29. The van der Waals surface area contributed by atoms with Gasteiger partial charge in [-0.05, 0) is 25.0 Å². The topological polar surface area (TPSA) is 144 Å². The lowest BCUT2D eigenvalue weighted by molar-refractivity contribution is -0.384. The van der Waals surface area contributed by atoms with Gasteiger partial charge in [-0.25, -0.2) is 4.79 Å². The molecule has 0 atom stereocenters. The molecule has 2 aromatic rings. The summed E-state index contributed by atoms with van der Waals surface area (Å²) in [5.74, 6) is -0.593. The normalized spacial score (nSPS) is 10.7. The maximum atomic E-state index is 13.1. The number of nitro groups is 1. The Balaban J connectivity index is 2.54. The number of aromatic nitrogens is 2. The molecule has 10 heteroatoms. The maximum absolute atomic E-state index is 13.1. The number of non-ortho nitro benzene ring substituents is 1. The summed E-state index contributed by atoms with van der Waals surface area (Å²) in [5, 5.41) is 10.8. The summed E-state index contributed by atoms with van der Waals surface area (Å²) in [6.45, 7) is 4.42. The van der Waals surface area contributed by atoms with E-state index in [4.69, 9.17) is 5.73 Å². The van der Waals surface area contributed by atoms with Crippen LogP contribution in [0, 0.1) is 10.1 Å². The van der Waals surface area contributed by atoms with E-state index < -0.39 is 22.1 Å². The largest absolute Gasteiger partial charge is 0.383 e. The van der Waals surface area contributed by atoms with Crippen LogP contribution < -0.4 is 21.9 Å². The number of carbonyl (C=O) groups excluding carboxylic acids is 1. The van der Waals surface area contributed by atoms with E-state index in [0.29, 0.717) is 19.4 Å². The monoisotopic (exact) mass is 403 g/mol. The minimum Gasteiger partial charge on any atom is -0.383 e. The third-order valence-electron chi connectivity index (χ3n) is 4.52. The molecule has 2 rings (SSSR count). The summed E-state index contributed by atoms with van der Waals surface area (Å²) in [5.41, 5.74) is 4.72. The fourth-order valence-corrected chi connectivity index (χ4v) is 2.89. The fraction of sp³-hybridized carbons (Fsp3) is 0.421. The van der Waals surface area contributed by atoms with Crippen LogP contribution in [0.1, 0.15) is 49.9 Å². The second-order valence-electron chi connectivity index (χ2n) is 6.61. The number of aromatic amines is 1. The van der Waals surface area contributed by atoms with Crippen molar-refractivity contribution in [3.63, 3.8) is 0 Å². The zero-order valence-electron chi connectivity index (χ0n) is 16.5. The van der Waals surface area contributed by atoms with Gasteiger partial charge in [-0.1, -0.05) is 26.7 Å². The van der Waals surface area contributed by atoms with Crippen LogP contribution in [0.3, 0.4) is 0 Å². The highest BCUT2D eigenvalue weighted by molar-refractivity contribution is 6.07. The van der Waals surface area contributed by atoms with Gasteiger partial charge in [-0.3, -0.25) is 29.3 Å². The summed E-state index contributed by atoms with van der Waals surface area (Å²) < 4.78 is 1.25. The van der Waals surface area contributed by atoms with Crippen molar-refractivity contribution in [3.8, 4) is 0 Å². The average molecular weight is 403 g/mol. The van der Waals surface area contributed by atoms with Crippen LogP contribution in [0.15, 0.2) is 33.9 Å². The highest BCUT2D eigenvalue weighted by Crippen LogP contribution is 2.21. The van der Waals surface area contributed by atoms with Crippen LogP contribution in [0.25, 0.3) is 0 Å². The molecule has 0 radical (unpaired) electrons. The Morgan fingerprint density at radius 1 is 1.17 bits per heavy atom. The van der Waals surface area contributed by atoms with Gasteiger partial charge in [-0.15, -0.1) is 0 Å². The molecule has 1 aromatic carbocycles. The van der Waals surface area contributed by atoms with Crippen LogP contribution in [0.2, 0.25) is 0 Å². The van der Waals surface area contributed by atoms with Crippen LogP contribution in [0.4, 0.5) is 17.2 Å². The number of nitrogens with zero attached hydrogens (tertiary/aromatic N) is 3. The molecule has 0 aliphatic rings. The van der Waals surface area contributed by atoms with Crippen molar-refractivity contribution in [1.82, 2.24) is 9.55 Å². The number of hydrogen-bond acceptors (Lipinski definition) is 6. The van der Waals surface area contributed by atoms with E-state index in [2.05, 4.69) is 4.98 Å². The molecule has 3 N–H and O–H groups in total. The lowest BCUT2D eigenvalue weighted by Gasteiger charge is -2.24. The molecule has 10 nitrogen and oxygen atoms in total. The Hall–Kier alpha value is -3.43. The molecule has 156 valence electrons. The third-order valence-corrected chi connectivity index (χ3v) is 4.52. The number of rotatable bonds is 9. The third kappa shape index (κ3) is 4.89. The molecule has 0 unspecified atom stereocenters. The number of nitrogens with two attached hydrogens (primary N) is 1. The number of nitrogens with one attached hydrogen (secondary N) is 1. The summed E-state index contributed by atoms with van der Waals surface area (Å²) in [6, 6.07) is 5.11. The van der Waals surface area contributed by atoms with Crippen molar-refractivity contribution in [2.45, 2.75) is 46.1 Å². The Labute approximate surface area is 167 Å². The standard InChI is InChI=1S/C19H25N5O5/c1-3-5-11-22(18(26)13-7-9-14(10-8-13)24(28)29)15-16(20)23(12-6-4-2)19(27)21-17(15)25/h7-10H,3-6,11-12,20H2,1-2H3,(H,21,25,27). The van der Waals surface area contributed by atoms with Crippen molar-refractivity contribution < 1.29 is 9.72 Å². The molecule has 1 amide bonds. The van der Waals surface area contributed by atoms with Gasteiger partial charge in [-0.2, -0.15) is 0 Å². The first-order valence-electron chi connectivity index (χ1n) is 9.50. The number of carbonyl (C=O) groups is 1. The van der Waals surface area contributed by atoms with E-state index in [0.717, 1.165) is 12.8 Å². The quantitative estimate of drug-likeness (QED) is 0.485. The Morgan fingerprint density at radius 3 is 2.34 bits per heavy atom. The molecular formula is C19H25N5O5. The average Bonchev–Trinajstić information content (AvgIpc) is 2.69. The Morgan fingerprint density at radius 2 is 1.79 bits per heavy atom. The van der Waals surface area contributed by atoms with Crippen molar-refractivity contribution in [2.24, 2.45) is 0 Å². The van der Waals surface area contributed by atoms with E-state index in [1.54, 1.807) is 0 Å². The van der Waals surface area contributed by atoms with Crippen molar-refractivity contribution >= 4 is 23.1 Å². The minimum atomic E-state index is -0.744.